The normalized spacial score (nSPS) is 46.5. The van der Waals surface area contributed by atoms with E-state index in [9.17, 15) is 4.79 Å². The molecule has 2 heteroatoms. The van der Waals surface area contributed by atoms with Gasteiger partial charge in [0.25, 0.3) is 6.04 Å². The molecule has 0 spiro atoms. The molecule has 2 nitrogen and oxygen atoms in total. The second kappa shape index (κ2) is 2.15. The van der Waals surface area contributed by atoms with Crippen LogP contribution >= 0.6 is 0 Å². The summed E-state index contributed by atoms with van der Waals surface area (Å²) in [7, 11) is 0. The van der Waals surface area contributed by atoms with E-state index in [0.29, 0.717) is 5.92 Å². The van der Waals surface area contributed by atoms with Gasteiger partial charge >= 0.3 is 0 Å². The highest BCUT2D eigenvalue weighted by atomic mass is 16.1. The summed E-state index contributed by atoms with van der Waals surface area (Å²) < 4.78 is 0. The lowest BCUT2D eigenvalue weighted by Gasteiger charge is -2.30. The van der Waals surface area contributed by atoms with Crippen LogP contribution in [-0.2, 0) is 4.79 Å². The lowest BCUT2D eigenvalue weighted by molar-refractivity contribution is -0.128. The fraction of sp³-hybridized carbons (Fsp3) is 0.818. The zero-order valence-corrected chi connectivity index (χ0v) is 8.42. The van der Waals surface area contributed by atoms with Gasteiger partial charge in [0.2, 0.25) is 5.78 Å². The van der Waals surface area contributed by atoms with E-state index in [1.165, 1.54) is 0 Å². The van der Waals surface area contributed by atoms with E-state index in [4.69, 9.17) is 6.57 Å². The average molecular weight is 177 g/mol. The molecule has 0 heterocycles. The van der Waals surface area contributed by atoms with Crippen molar-refractivity contribution in [2.75, 3.05) is 0 Å². The maximum absolute atomic E-state index is 11.9. The van der Waals surface area contributed by atoms with Crippen LogP contribution in [0, 0.1) is 23.3 Å². The third kappa shape index (κ3) is 0.716. The molecule has 2 saturated carbocycles. The number of carbonyl (C=O) groups excluding carboxylic acids is 1. The molecule has 13 heavy (non-hydrogen) atoms. The van der Waals surface area contributed by atoms with Crippen molar-refractivity contribution >= 4 is 5.78 Å². The van der Waals surface area contributed by atoms with E-state index < -0.39 is 0 Å². The molecule has 0 aromatic carbocycles. The van der Waals surface area contributed by atoms with Crippen LogP contribution in [-0.4, -0.2) is 11.8 Å². The average Bonchev–Trinajstić information content (AvgIpc) is 2.36. The van der Waals surface area contributed by atoms with Gasteiger partial charge in [0.15, 0.2) is 0 Å². The molecule has 0 aromatic rings. The Morgan fingerprint density at radius 1 is 1.46 bits per heavy atom. The smallest absolute Gasteiger partial charge is 0.284 e. The third-order valence-electron chi connectivity index (χ3n) is 4.64. The van der Waals surface area contributed by atoms with Crippen LogP contribution in [0.3, 0.4) is 0 Å². The predicted molar refractivity (Wildman–Crippen MR) is 50.0 cm³/mol. The van der Waals surface area contributed by atoms with Crippen LogP contribution in [0.15, 0.2) is 0 Å². The Morgan fingerprint density at radius 3 is 2.38 bits per heavy atom. The fourth-order valence-electron chi connectivity index (χ4n) is 3.19. The molecule has 2 rings (SSSR count). The largest absolute Gasteiger partial charge is 0.305 e. The number of hydrogen-bond donors (Lipinski definition) is 0. The number of rotatable bonds is 0. The van der Waals surface area contributed by atoms with E-state index in [1.54, 1.807) is 0 Å². The lowest BCUT2D eigenvalue weighted by Crippen LogP contribution is -2.34. The topological polar surface area (TPSA) is 21.4 Å². The first kappa shape index (κ1) is 8.74. The molecule has 0 amide bonds. The Kier molecular flexibility index (Phi) is 1.44. The molecule has 2 aliphatic carbocycles. The van der Waals surface area contributed by atoms with Crippen LogP contribution in [0.4, 0.5) is 0 Å². The van der Waals surface area contributed by atoms with Gasteiger partial charge in [-0.1, -0.05) is 20.8 Å². The van der Waals surface area contributed by atoms with Gasteiger partial charge in [0.1, 0.15) is 0 Å². The van der Waals surface area contributed by atoms with Crippen LogP contribution in [0.25, 0.3) is 4.85 Å². The molecular formula is C11H15NO. The number of Topliss-reactive ketones (excluding diaryl/α,β-unsaturated/α-hetero) is 1. The van der Waals surface area contributed by atoms with E-state index in [2.05, 4.69) is 18.7 Å². The summed E-state index contributed by atoms with van der Waals surface area (Å²) in [5.74, 6) is 0.506. The van der Waals surface area contributed by atoms with Crippen LogP contribution < -0.4 is 0 Å². The molecular weight excluding hydrogens is 162 g/mol. The second-order valence-corrected chi connectivity index (χ2v) is 5.14. The molecule has 70 valence electrons. The molecule has 0 aromatic heterocycles. The minimum atomic E-state index is -0.339. The zero-order chi connectivity index (χ0) is 9.85. The molecule has 0 aliphatic heterocycles. The van der Waals surface area contributed by atoms with E-state index >= 15 is 0 Å². The van der Waals surface area contributed by atoms with Crippen molar-refractivity contribution in [1.29, 1.82) is 0 Å². The first-order valence-electron chi connectivity index (χ1n) is 4.86. The molecule has 2 fully saturated rings. The Labute approximate surface area is 79.1 Å². The van der Waals surface area contributed by atoms with Gasteiger partial charge in [-0.15, -0.1) is 0 Å². The SMILES string of the molecule is [C-]#[N+]C1C(=O)C2(C)CCC1C2(C)C. The molecule has 0 N–H and O–H groups in total. The van der Waals surface area contributed by atoms with Gasteiger partial charge in [0, 0.05) is 11.3 Å². The van der Waals surface area contributed by atoms with Crippen LogP contribution in [0.5, 0.6) is 0 Å². The van der Waals surface area contributed by atoms with Gasteiger partial charge < -0.3 is 4.85 Å². The lowest BCUT2D eigenvalue weighted by atomic mass is 9.70. The van der Waals surface area contributed by atoms with E-state index in [-0.39, 0.29) is 22.7 Å². The monoisotopic (exact) mass is 177 g/mol. The van der Waals surface area contributed by atoms with E-state index in [1.807, 2.05) is 6.92 Å². The minimum Gasteiger partial charge on any atom is -0.305 e. The summed E-state index contributed by atoms with van der Waals surface area (Å²) in [5, 5.41) is 0. The Balaban J connectivity index is 2.52. The number of fused-ring (bicyclic) bond motifs is 2. The Hall–Kier alpha value is -0.840. The highest BCUT2D eigenvalue weighted by molar-refractivity contribution is 5.95. The van der Waals surface area contributed by atoms with Crippen molar-refractivity contribution < 1.29 is 4.79 Å². The second-order valence-electron chi connectivity index (χ2n) is 5.14. The number of ketones is 1. The Morgan fingerprint density at radius 2 is 2.08 bits per heavy atom. The van der Waals surface area contributed by atoms with E-state index in [0.717, 1.165) is 12.8 Å². The number of carbonyl (C=O) groups is 1. The molecule has 3 unspecified atom stereocenters. The molecule has 0 saturated heterocycles. The third-order valence-corrected chi connectivity index (χ3v) is 4.64. The minimum absolute atomic E-state index is 0.0410. The highest BCUT2D eigenvalue weighted by Gasteiger charge is 2.69. The maximum atomic E-state index is 11.9. The van der Waals surface area contributed by atoms with Gasteiger partial charge in [-0.25, -0.2) is 6.57 Å². The number of nitrogens with zero attached hydrogens (tertiary/aromatic N) is 1. The quantitative estimate of drug-likeness (QED) is 0.520. The predicted octanol–water partition coefficient (Wildman–Crippen LogP) is 2.30. The summed E-state index contributed by atoms with van der Waals surface area (Å²) in [6, 6.07) is -0.339. The fourth-order valence-corrected chi connectivity index (χ4v) is 3.19. The number of hydrogen-bond acceptors (Lipinski definition) is 1. The summed E-state index contributed by atoms with van der Waals surface area (Å²) in [6.45, 7) is 13.4. The molecule has 3 atom stereocenters. The summed E-state index contributed by atoms with van der Waals surface area (Å²) in [5.41, 5.74) is -0.174. The van der Waals surface area contributed by atoms with Crippen molar-refractivity contribution in [1.82, 2.24) is 0 Å². The molecule has 0 radical (unpaired) electrons. The van der Waals surface area contributed by atoms with Gasteiger partial charge in [-0.2, -0.15) is 0 Å². The zero-order valence-electron chi connectivity index (χ0n) is 8.42. The highest BCUT2D eigenvalue weighted by Crippen LogP contribution is 2.64. The van der Waals surface area contributed by atoms with Crippen LogP contribution in [0.2, 0.25) is 0 Å². The van der Waals surface area contributed by atoms with Crippen molar-refractivity contribution in [2.24, 2.45) is 16.7 Å². The first-order valence-corrected chi connectivity index (χ1v) is 4.86. The van der Waals surface area contributed by atoms with Gasteiger partial charge in [-0.3, -0.25) is 4.79 Å². The standard InChI is InChI=1S/C11H15NO/c1-10(2)7-5-6-11(10,3)9(13)8(7)12-4/h7-8H,5-6H2,1-3H3. The summed E-state index contributed by atoms with van der Waals surface area (Å²) in [4.78, 5) is 15.4. The Bertz CT molecular complexity index is 313. The van der Waals surface area contributed by atoms with Crippen molar-refractivity contribution in [2.45, 2.75) is 39.7 Å². The van der Waals surface area contributed by atoms with Gasteiger partial charge in [-0.05, 0) is 18.3 Å². The summed E-state index contributed by atoms with van der Waals surface area (Å²) >= 11 is 0. The molecule has 2 aliphatic rings. The molecule has 2 bridgehead atoms. The van der Waals surface area contributed by atoms with Crippen molar-refractivity contribution in [3.8, 4) is 0 Å². The first-order chi connectivity index (χ1) is 5.95. The summed E-state index contributed by atoms with van der Waals surface area (Å²) in [6.07, 6.45) is 2.04. The van der Waals surface area contributed by atoms with Crippen molar-refractivity contribution in [3.63, 3.8) is 0 Å². The maximum Gasteiger partial charge on any atom is 0.284 e. The van der Waals surface area contributed by atoms with Gasteiger partial charge in [0.05, 0.1) is 0 Å². The van der Waals surface area contributed by atoms with Crippen LogP contribution in [0.1, 0.15) is 33.6 Å². The van der Waals surface area contributed by atoms with Crippen molar-refractivity contribution in [3.05, 3.63) is 11.4 Å².